The first-order chi connectivity index (χ1) is 9.69. The minimum Gasteiger partial charge on any atom is -0.356 e. The third kappa shape index (κ3) is 2.31. The number of halogens is 1. The fraction of sp³-hybridized carbons (Fsp3) is 0.333. The molecule has 0 fully saturated rings. The molecular weight excluding hydrogens is 276 g/mol. The molecular formula is C15H15ClN2O2. The molecule has 2 aromatic rings. The topological polar surface area (TPSA) is 46.3 Å². The highest BCUT2D eigenvalue weighted by molar-refractivity contribution is 6.30. The maximum atomic E-state index is 11.7. The number of hydrogen-bond acceptors (Lipinski definition) is 3. The number of nitrogens with zero attached hydrogens (tertiary/aromatic N) is 2. The summed E-state index contributed by atoms with van der Waals surface area (Å²) in [5.74, 6) is 0.951. The molecule has 0 N–H and O–H groups in total. The first-order valence-electron chi connectivity index (χ1n) is 6.70. The van der Waals surface area contributed by atoms with Crippen molar-refractivity contribution in [2.45, 2.75) is 26.3 Å². The van der Waals surface area contributed by atoms with Gasteiger partial charge in [0.1, 0.15) is 5.69 Å². The Labute approximate surface area is 122 Å². The Morgan fingerprint density at radius 3 is 2.85 bits per heavy atom. The van der Waals surface area contributed by atoms with Crippen LogP contribution in [0.3, 0.4) is 0 Å². The lowest BCUT2D eigenvalue weighted by molar-refractivity contribution is -0.131. The predicted octanol–water partition coefficient (Wildman–Crippen LogP) is 3.29. The zero-order valence-electron chi connectivity index (χ0n) is 11.2. The smallest absolute Gasteiger partial charge is 0.222 e. The second-order valence-electron chi connectivity index (χ2n) is 4.86. The lowest BCUT2D eigenvalue weighted by atomic mass is 10.0. The van der Waals surface area contributed by atoms with Crippen molar-refractivity contribution in [3.8, 4) is 11.3 Å². The molecule has 0 atom stereocenters. The zero-order chi connectivity index (χ0) is 14.1. The van der Waals surface area contributed by atoms with E-state index in [1.807, 2.05) is 36.1 Å². The van der Waals surface area contributed by atoms with Crippen LogP contribution in [0.2, 0.25) is 5.02 Å². The summed E-state index contributed by atoms with van der Waals surface area (Å²) < 4.78 is 5.47. The number of aromatic nitrogens is 1. The average Bonchev–Trinajstić information content (AvgIpc) is 2.90. The summed E-state index contributed by atoms with van der Waals surface area (Å²) in [6, 6.07) is 7.52. The minimum atomic E-state index is 0.159. The number of amides is 1. The van der Waals surface area contributed by atoms with Crippen molar-refractivity contribution in [2.75, 3.05) is 6.54 Å². The van der Waals surface area contributed by atoms with E-state index in [1.165, 1.54) is 0 Å². The average molecular weight is 291 g/mol. The molecule has 0 aliphatic carbocycles. The maximum Gasteiger partial charge on any atom is 0.222 e. The van der Waals surface area contributed by atoms with Gasteiger partial charge in [0.25, 0.3) is 0 Å². The van der Waals surface area contributed by atoms with Gasteiger partial charge < -0.3 is 9.42 Å². The first-order valence-corrected chi connectivity index (χ1v) is 7.08. The largest absolute Gasteiger partial charge is 0.356 e. The van der Waals surface area contributed by atoms with Gasteiger partial charge in [-0.1, -0.05) is 23.7 Å². The Morgan fingerprint density at radius 1 is 1.40 bits per heavy atom. The molecule has 1 aromatic carbocycles. The minimum absolute atomic E-state index is 0.159. The Hall–Kier alpha value is -1.81. The number of fused-ring (bicyclic) bond motifs is 1. The number of benzene rings is 1. The van der Waals surface area contributed by atoms with Crippen LogP contribution in [0.15, 0.2) is 28.8 Å². The van der Waals surface area contributed by atoms with Crippen molar-refractivity contribution in [3.63, 3.8) is 0 Å². The number of hydrogen-bond donors (Lipinski definition) is 0. The van der Waals surface area contributed by atoms with Crippen molar-refractivity contribution in [2.24, 2.45) is 0 Å². The fourth-order valence-corrected chi connectivity index (χ4v) is 2.62. The first kappa shape index (κ1) is 13.2. The fourth-order valence-electron chi connectivity index (χ4n) is 2.50. The third-order valence-electron chi connectivity index (χ3n) is 3.60. The molecule has 4 nitrogen and oxygen atoms in total. The Kier molecular flexibility index (Phi) is 3.49. The number of rotatable bonds is 2. The van der Waals surface area contributed by atoms with Gasteiger partial charge in [0.15, 0.2) is 5.76 Å². The van der Waals surface area contributed by atoms with Gasteiger partial charge in [0, 0.05) is 29.1 Å². The molecule has 1 aromatic heterocycles. The van der Waals surface area contributed by atoms with E-state index in [1.54, 1.807) is 0 Å². The van der Waals surface area contributed by atoms with E-state index in [-0.39, 0.29) is 5.91 Å². The van der Waals surface area contributed by atoms with Gasteiger partial charge in [-0.3, -0.25) is 4.79 Å². The number of carbonyl (C=O) groups is 1. The summed E-state index contributed by atoms with van der Waals surface area (Å²) in [5.41, 5.74) is 2.94. The summed E-state index contributed by atoms with van der Waals surface area (Å²) in [6.45, 7) is 3.14. The standard InChI is InChI=1S/C15H15ClN2O2/c1-2-14(19)18-8-7-12-13(9-18)17-20-15(12)10-3-5-11(16)6-4-10/h3-6H,2,7-9H2,1H3. The van der Waals surface area contributed by atoms with Gasteiger partial charge in [0.05, 0.1) is 6.54 Å². The van der Waals surface area contributed by atoms with Gasteiger partial charge in [-0.15, -0.1) is 0 Å². The Balaban J connectivity index is 1.90. The van der Waals surface area contributed by atoms with E-state index in [2.05, 4.69) is 5.16 Å². The van der Waals surface area contributed by atoms with Crippen LogP contribution >= 0.6 is 11.6 Å². The zero-order valence-corrected chi connectivity index (χ0v) is 12.0. The van der Waals surface area contributed by atoms with Crippen molar-refractivity contribution in [1.82, 2.24) is 10.1 Å². The number of carbonyl (C=O) groups excluding carboxylic acids is 1. The molecule has 1 aliphatic rings. The summed E-state index contributed by atoms with van der Waals surface area (Å²) in [7, 11) is 0. The van der Waals surface area contributed by atoms with Crippen LogP contribution in [-0.4, -0.2) is 22.5 Å². The molecule has 0 spiro atoms. The Morgan fingerprint density at radius 2 is 2.15 bits per heavy atom. The third-order valence-corrected chi connectivity index (χ3v) is 3.86. The van der Waals surface area contributed by atoms with E-state index in [0.717, 1.165) is 35.5 Å². The van der Waals surface area contributed by atoms with E-state index in [0.29, 0.717) is 18.0 Å². The van der Waals surface area contributed by atoms with Crippen molar-refractivity contribution >= 4 is 17.5 Å². The quantitative estimate of drug-likeness (QED) is 0.852. The SMILES string of the molecule is CCC(=O)N1CCc2c(noc2-c2ccc(Cl)cc2)C1. The van der Waals surface area contributed by atoms with Crippen LogP contribution in [-0.2, 0) is 17.8 Å². The summed E-state index contributed by atoms with van der Waals surface area (Å²) in [6.07, 6.45) is 1.31. The molecule has 0 unspecified atom stereocenters. The lowest BCUT2D eigenvalue weighted by Crippen LogP contribution is -2.35. The predicted molar refractivity (Wildman–Crippen MR) is 76.4 cm³/mol. The van der Waals surface area contributed by atoms with Crippen LogP contribution in [0.5, 0.6) is 0 Å². The normalized spacial score (nSPS) is 14.2. The van der Waals surface area contributed by atoms with Crippen LogP contribution < -0.4 is 0 Å². The van der Waals surface area contributed by atoms with E-state index in [9.17, 15) is 4.79 Å². The highest BCUT2D eigenvalue weighted by Crippen LogP contribution is 2.31. The van der Waals surface area contributed by atoms with Gasteiger partial charge in [-0.25, -0.2) is 0 Å². The van der Waals surface area contributed by atoms with E-state index in [4.69, 9.17) is 16.1 Å². The molecule has 0 radical (unpaired) electrons. The monoisotopic (exact) mass is 290 g/mol. The highest BCUT2D eigenvalue weighted by Gasteiger charge is 2.26. The van der Waals surface area contributed by atoms with Crippen molar-refractivity contribution in [1.29, 1.82) is 0 Å². The Bertz CT molecular complexity index is 634. The molecule has 104 valence electrons. The molecule has 1 aliphatic heterocycles. The molecule has 0 saturated carbocycles. The van der Waals surface area contributed by atoms with Crippen LogP contribution in [0.1, 0.15) is 24.6 Å². The molecule has 1 amide bonds. The lowest BCUT2D eigenvalue weighted by Gasteiger charge is -2.25. The van der Waals surface area contributed by atoms with Crippen molar-refractivity contribution < 1.29 is 9.32 Å². The van der Waals surface area contributed by atoms with Crippen LogP contribution in [0.25, 0.3) is 11.3 Å². The summed E-state index contributed by atoms with van der Waals surface area (Å²) in [4.78, 5) is 13.6. The van der Waals surface area contributed by atoms with Gasteiger partial charge in [-0.05, 0) is 30.7 Å². The van der Waals surface area contributed by atoms with Crippen LogP contribution in [0, 0.1) is 0 Å². The summed E-state index contributed by atoms with van der Waals surface area (Å²) in [5, 5.41) is 4.82. The van der Waals surface area contributed by atoms with Gasteiger partial charge in [-0.2, -0.15) is 0 Å². The molecule has 3 rings (SSSR count). The van der Waals surface area contributed by atoms with Gasteiger partial charge in [0.2, 0.25) is 5.91 Å². The molecule has 0 saturated heterocycles. The van der Waals surface area contributed by atoms with Gasteiger partial charge >= 0.3 is 0 Å². The molecule has 5 heteroatoms. The highest BCUT2D eigenvalue weighted by atomic mass is 35.5. The van der Waals surface area contributed by atoms with Crippen LogP contribution in [0.4, 0.5) is 0 Å². The molecule has 0 bridgehead atoms. The maximum absolute atomic E-state index is 11.7. The van der Waals surface area contributed by atoms with Crippen molar-refractivity contribution in [3.05, 3.63) is 40.5 Å². The second-order valence-corrected chi connectivity index (χ2v) is 5.30. The molecule has 2 heterocycles. The van der Waals surface area contributed by atoms with E-state index < -0.39 is 0 Å². The summed E-state index contributed by atoms with van der Waals surface area (Å²) >= 11 is 5.90. The molecule has 20 heavy (non-hydrogen) atoms. The second kappa shape index (κ2) is 5.29. The van der Waals surface area contributed by atoms with E-state index >= 15 is 0 Å².